The summed E-state index contributed by atoms with van der Waals surface area (Å²) in [4.78, 5) is 0. The topological polar surface area (TPSA) is 60.7 Å². The van der Waals surface area contributed by atoms with Crippen LogP contribution in [0, 0.1) is 0 Å². The lowest BCUT2D eigenvalue weighted by atomic mass is 9.83. The summed E-state index contributed by atoms with van der Waals surface area (Å²) >= 11 is 1.43. The molecule has 0 aromatic carbocycles. The number of hydrogen-bond donors (Lipinski definition) is 3. The Labute approximate surface area is 71.2 Å². The van der Waals surface area contributed by atoms with Gasteiger partial charge in [-0.3, -0.25) is 0 Å². The minimum Gasteiger partial charge on any atom is -0.395 e. The van der Waals surface area contributed by atoms with Crippen molar-refractivity contribution in [2.24, 2.45) is 0 Å². The average molecular weight is 176 g/mol. The maximum atomic E-state index is 9.65. The first-order valence-corrected chi connectivity index (χ1v) is 4.61. The van der Waals surface area contributed by atoms with E-state index >= 15 is 0 Å². The van der Waals surface area contributed by atoms with Crippen molar-refractivity contribution in [1.82, 2.24) is 0 Å². The molecule has 1 aliphatic heterocycles. The van der Waals surface area contributed by atoms with Crippen molar-refractivity contribution in [3.8, 4) is 0 Å². The molecule has 3 N–H and O–H groups in total. The van der Waals surface area contributed by atoms with E-state index in [1.54, 1.807) is 6.92 Å². The van der Waals surface area contributed by atoms with E-state index in [-0.39, 0.29) is 17.0 Å². The molecule has 0 radical (unpaired) electrons. The first-order chi connectivity index (χ1) is 5.00. The number of hydrogen-bond acceptors (Lipinski definition) is 4. The van der Waals surface area contributed by atoms with Crippen LogP contribution in [0.3, 0.4) is 0 Å². The number of aliphatic hydroxyl groups is 3. The van der Waals surface area contributed by atoms with Gasteiger partial charge in [-0.25, -0.2) is 0 Å². The molecule has 64 valence electrons. The summed E-state index contributed by atoms with van der Waals surface area (Å²) < 4.78 is 0. The normalized spacial score (nSPS) is 51.5. The molecule has 1 heterocycles. The molecule has 0 aromatic rings. The van der Waals surface area contributed by atoms with Crippen LogP contribution in [-0.2, 0) is 0 Å². The smallest absolute Gasteiger partial charge is 0.122 e. The monoisotopic (exact) mass is 176 g/mol. The summed E-state index contributed by atoms with van der Waals surface area (Å²) in [6.07, 6.45) is -0.813. The fourth-order valence-electron chi connectivity index (χ4n) is 1.23. The van der Waals surface area contributed by atoms with E-state index in [0.29, 0.717) is 0 Å². The van der Waals surface area contributed by atoms with Gasteiger partial charge in [0.25, 0.3) is 0 Å². The minimum atomic E-state index is -1.06. The van der Waals surface area contributed by atoms with Crippen LogP contribution in [-0.4, -0.2) is 51.9 Å². The molecule has 1 fully saturated rings. The third-order valence-electron chi connectivity index (χ3n) is 2.33. The molecule has 0 spiro atoms. The third kappa shape index (κ3) is 1.43. The van der Waals surface area contributed by atoms with E-state index < -0.39 is 11.7 Å². The van der Waals surface area contributed by atoms with Crippen LogP contribution in [0.5, 0.6) is 0 Å². The second kappa shape index (κ2) is 2.97. The summed E-state index contributed by atoms with van der Waals surface area (Å²) in [6, 6.07) is 0. The van der Waals surface area contributed by atoms with Gasteiger partial charge in [-0.05, 0) is 6.92 Å². The van der Waals surface area contributed by atoms with Crippen LogP contribution in [0.4, 0.5) is 0 Å². The van der Waals surface area contributed by atoms with Crippen LogP contribution in [0.15, 0.2) is 0 Å². The Kier molecular flexibility index (Phi) is 2.54. The summed E-state index contributed by atoms with van der Waals surface area (Å²) in [5.74, 6) is 0. The zero-order valence-electron chi connectivity index (χ0n) is 6.69. The molecule has 0 amide bonds. The first-order valence-electron chi connectivity index (χ1n) is 3.67. The molecule has 11 heavy (non-hydrogen) atoms. The van der Waals surface area contributed by atoms with Crippen LogP contribution < -0.4 is 0 Å². The summed E-state index contributed by atoms with van der Waals surface area (Å²) in [7, 11) is 1.85. The van der Waals surface area contributed by atoms with Crippen LogP contribution in [0.2, 0.25) is 0 Å². The van der Waals surface area contributed by atoms with Gasteiger partial charge < -0.3 is 15.3 Å². The SMILES string of the molecule is BC1S[C@H](CO)[C@@H](O)[C@@]1(C)O. The highest BCUT2D eigenvalue weighted by atomic mass is 32.2. The Morgan fingerprint density at radius 3 is 2.36 bits per heavy atom. The van der Waals surface area contributed by atoms with E-state index in [1.807, 2.05) is 7.85 Å². The maximum Gasteiger partial charge on any atom is 0.122 e. The quantitative estimate of drug-likeness (QED) is 0.411. The highest BCUT2D eigenvalue weighted by Crippen LogP contribution is 2.39. The van der Waals surface area contributed by atoms with Gasteiger partial charge >= 0.3 is 0 Å². The molecule has 0 saturated carbocycles. The molecule has 1 unspecified atom stereocenters. The predicted molar refractivity (Wildman–Crippen MR) is 47.4 cm³/mol. The van der Waals surface area contributed by atoms with E-state index in [1.165, 1.54) is 11.8 Å². The van der Waals surface area contributed by atoms with Crippen LogP contribution in [0.25, 0.3) is 0 Å². The lowest BCUT2D eigenvalue weighted by molar-refractivity contribution is -0.0465. The number of rotatable bonds is 1. The molecule has 1 saturated heterocycles. The summed E-state index contributed by atoms with van der Waals surface area (Å²) in [5, 5.41) is 27.6. The molecule has 0 aromatic heterocycles. The predicted octanol–water partition coefficient (Wildman–Crippen LogP) is -1.83. The Hall–Kier alpha value is 0.295. The van der Waals surface area contributed by atoms with Crippen molar-refractivity contribution in [3.05, 3.63) is 0 Å². The number of thioether (sulfide) groups is 1. The lowest BCUT2D eigenvalue weighted by Crippen LogP contribution is -2.45. The zero-order valence-corrected chi connectivity index (χ0v) is 7.51. The molecule has 4 atom stereocenters. The molecular formula is C6H13BO3S. The lowest BCUT2D eigenvalue weighted by Gasteiger charge is -2.25. The molecular weight excluding hydrogens is 163 g/mol. The standard InChI is InChI=1S/C6H13BO3S/c1-6(10)4(9)3(2-8)11-5(6)7/h3-5,8-10H,2,7H2,1H3/t3-,4-,5?,6-/m1/s1. The first kappa shape index (κ1) is 9.38. The van der Waals surface area contributed by atoms with Crippen molar-refractivity contribution in [1.29, 1.82) is 0 Å². The molecule has 5 heteroatoms. The van der Waals surface area contributed by atoms with E-state index in [2.05, 4.69) is 0 Å². The Morgan fingerprint density at radius 1 is 1.64 bits per heavy atom. The maximum absolute atomic E-state index is 9.65. The van der Waals surface area contributed by atoms with Gasteiger partial charge in [0.1, 0.15) is 7.85 Å². The highest BCUT2D eigenvalue weighted by molar-refractivity contribution is 8.02. The largest absolute Gasteiger partial charge is 0.395 e. The Morgan fingerprint density at radius 2 is 2.18 bits per heavy atom. The molecule has 3 nitrogen and oxygen atoms in total. The van der Waals surface area contributed by atoms with Crippen LogP contribution >= 0.6 is 11.8 Å². The molecule has 0 bridgehead atoms. The Balaban J connectivity index is 2.71. The van der Waals surface area contributed by atoms with Gasteiger partial charge in [-0.15, -0.1) is 0 Å². The van der Waals surface area contributed by atoms with E-state index in [9.17, 15) is 10.2 Å². The fourth-order valence-corrected chi connectivity index (χ4v) is 2.68. The molecule has 1 aliphatic rings. The van der Waals surface area contributed by atoms with E-state index in [0.717, 1.165) is 0 Å². The van der Waals surface area contributed by atoms with Gasteiger partial charge in [0.05, 0.1) is 23.6 Å². The molecule has 1 rings (SSSR count). The van der Waals surface area contributed by atoms with Gasteiger partial charge in [-0.2, -0.15) is 11.8 Å². The van der Waals surface area contributed by atoms with Crippen molar-refractivity contribution >= 4 is 19.6 Å². The Bertz CT molecular complexity index is 153. The fraction of sp³-hybridized carbons (Fsp3) is 1.00. The second-order valence-corrected chi connectivity index (χ2v) is 4.75. The van der Waals surface area contributed by atoms with Gasteiger partial charge in [0.15, 0.2) is 0 Å². The highest BCUT2D eigenvalue weighted by Gasteiger charge is 2.48. The summed E-state index contributed by atoms with van der Waals surface area (Å²) in [5.41, 5.74) is -1.06. The van der Waals surface area contributed by atoms with Crippen molar-refractivity contribution < 1.29 is 15.3 Å². The van der Waals surface area contributed by atoms with Gasteiger partial charge in [0.2, 0.25) is 0 Å². The third-order valence-corrected chi connectivity index (χ3v) is 3.97. The zero-order chi connectivity index (χ0) is 8.65. The van der Waals surface area contributed by atoms with Crippen molar-refractivity contribution in [2.45, 2.75) is 29.0 Å². The number of aliphatic hydroxyl groups excluding tert-OH is 2. The van der Waals surface area contributed by atoms with Crippen molar-refractivity contribution in [3.63, 3.8) is 0 Å². The molecule has 0 aliphatic carbocycles. The minimum absolute atomic E-state index is 0.0188. The summed E-state index contributed by atoms with van der Waals surface area (Å²) in [6.45, 7) is 1.53. The van der Waals surface area contributed by atoms with Gasteiger partial charge in [-0.1, -0.05) is 0 Å². The average Bonchev–Trinajstić information content (AvgIpc) is 2.14. The van der Waals surface area contributed by atoms with E-state index in [4.69, 9.17) is 5.11 Å². The van der Waals surface area contributed by atoms with Crippen molar-refractivity contribution in [2.75, 3.05) is 6.61 Å². The van der Waals surface area contributed by atoms with Gasteiger partial charge in [0, 0.05) is 5.15 Å². The second-order valence-electron chi connectivity index (χ2n) is 3.17. The van der Waals surface area contributed by atoms with Crippen LogP contribution in [0.1, 0.15) is 6.92 Å².